The highest BCUT2D eigenvalue weighted by molar-refractivity contribution is 7.03. The Kier molecular flexibility index (Phi) is 3.48. The molecule has 0 bridgehead atoms. The average Bonchev–Trinajstić information content (AvgIpc) is 2.56. The second-order valence-corrected chi connectivity index (χ2v) is 3.30. The summed E-state index contributed by atoms with van der Waals surface area (Å²) in [5, 5.41) is 12.1. The van der Waals surface area contributed by atoms with Gasteiger partial charge in [0.1, 0.15) is 0 Å². The second kappa shape index (κ2) is 4.43. The van der Waals surface area contributed by atoms with Crippen LogP contribution in [0.25, 0.3) is 0 Å². The third-order valence-corrected chi connectivity index (χ3v) is 2.11. The normalized spacial score (nSPS) is 11.6. The zero-order chi connectivity index (χ0) is 10.6. The van der Waals surface area contributed by atoms with Gasteiger partial charge in [0.05, 0.1) is 6.54 Å². The number of aliphatic carboxylic acids is 1. The maximum absolute atomic E-state index is 12.5. The molecule has 0 aliphatic rings. The van der Waals surface area contributed by atoms with Gasteiger partial charge in [-0.25, -0.2) is 9.17 Å². The van der Waals surface area contributed by atoms with E-state index in [2.05, 4.69) is 9.69 Å². The van der Waals surface area contributed by atoms with Gasteiger partial charge in [-0.05, 0) is 17.1 Å². The molecule has 4 nitrogen and oxygen atoms in total. The molecule has 0 saturated heterocycles. The molecular formula is C7H8F2N2O2S. The molecular weight excluding hydrogens is 214 g/mol. The molecule has 0 atom stereocenters. The van der Waals surface area contributed by atoms with Gasteiger partial charge < -0.3 is 10.4 Å². The lowest BCUT2D eigenvalue weighted by molar-refractivity contribution is -0.164. The summed E-state index contributed by atoms with van der Waals surface area (Å²) < 4.78 is 28.8. The van der Waals surface area contributed by atoms with Crippen molar-refractivity contribution in [1.82, 2.24) is 9.69 Å². The predicted molar refractivity (Wildman–Crippen MR) is 46.4 cm³/mol. The highest BCUT2D eigenvalue weighted by Gasteiger charge is 2.37. The summed E-state index contributed by atoms with van der Waals surface area (Å²) in [5.41, 5.74) is 0.760. The first kappa shape index (κ1) is 11.0. The van der Waals surface area contributed by atoms with E-state index in [0.29, 0.717) is 0 Å². The van der Waals surface area contributed by atoms with Gasteiger partial charge in [0.25, 0.3) is 0 Å². The van der Waals surface area contributed by atoms with Gasteiger partial charge in [-0.2, -0.15) is 8.78 Å². The third kappa shape index (κ3) is 3.00. The Hall–Kier alpha value is -1.08. The van der Waals surface area contributed by atoms with Gasteiger partial charge in [0.15, 0.2) is 0 Å². The van der Waals surface area contributed by atoms with Gasteiger partial charge in [-0.3, -0.25) is 0 Å². The fourth-order valence-electron chi connectivity index (χ4n) is 0.753. The fourth-order valence-corrected chi connectivity index (χ4v) is 1.29. The van der Waals surface area contributed by atoms with Crippen molar-refractivity contribution in [1.29, 1.82) is 0 Å². The molecule has 0 radical (unpaired) electrons. The van der Waals surface area contributed by atoms with Crippen molar-refractivity contribution in [3.8, 4) is 0 Å². The second-order valence-electron chi connectivity index (χ2n) is 2.65. The molecule has 0 aromatic carbocycles. The van der Waals surface area contributed by atoms with E-state index >= 15 is 0 Å². The summed E-state index contributed by atoms with van der Waals surface area (Å²) in [6.07, 6.45) is 1.54. The van der Waals surface area contributed by atoms with Crippen LogP contribution in [-0.4, -0.2) is 27.9 Å². The molecule has 1 heterocycles. The summed E-state index contributed by atoms with van der Waals surface area (Å²) in [5.74, 6) is -5.84. The van der Waals surface area contributed by atoms with Crippen molar-refractivity contribution in [3.63, 3.8) is 0 Å². The van der Waals surface area contributed by atoms with Gasteiger partial charge in [-0.15, -0.1) is 0 Å². The first-order valence-corrected chi connectivity index (χ1v) is 4.56. The summed E-state index contributed by atoms with van der Waals surface area (Å²) >= 11 is 1.21. The monoisotopic (exact) mass is 222 g/mol. The Morgan fingerprint density at radius 3 is 2.93 bits per heavy atom. The van der Waals surface area contributed by atoms with Crippen molar-refractivity contribution in [2.75, 3.05) is 6.54 Å². The van der Waals surface area contributed by atoms with E-state index in [1.54, 1.807) is 5.38 Å². The van der Waals surface area contributed by atoms with Crippen LogP contribution >= 0.6 is 11.5 Å². The number of carbonyl (C=O) groups is 1. The predicted octanol–water partition coefficient (Wildman–Crippen LogP) is 0.953. The molecule has 1 rings (SSSR count). The summed E-state index contributed by atoms with van der Waals surface area (Å²) in [7, 11) is 0. The lowest BCUT2D eigenvalue weighted by Gasteiger charge is -2.11. The van der Waals surface area contributed by atoms with Gasteiger partial charge in [0.2, 0.25) is 0 Å². The standard InChI is InChI=1S/C7H8F2N2O2S/c8-7(9,6(12)13)4-10-1-5-2-11-14-3-5/h2-3,10H,1,4H2,(H,12,13). The minimum absolute atomic E-state index is 0.194. The van der Waals surface area contributed by atoms with Gasteiger partial charge in [-0.1, -0.05) is 0 Å². The molecule has 7 heteroatoms. The minimum Gasteiger partial charge on any atom is -0.477 e. The molecule has 14 heavy (non-hydrogen) atoms. The first-order chi connectivity index (χ1) is 6.52. The van der Waals surface area contributed by atoms with Crippen LogP contribution in [0.3, 0.4) is 0 Å². The molecule has 0 aliphatic heterocycles. The van der Waals surface area contributed by atoms with Crippen LogP contribution in [0, 0.1) is 0 Å². The van der Waals surface area contributed by atoms with E-state index in [-0.39, 0.29) is 6.54 Å². The molecule has 2 N–H and O–H groups in total. The first-order valence-electron chi connectivity index (χ1n) is 3.72. The molecule has 1 aromatic rings. The maximum atomic E-state index is 12.5. The van der Waals surface area contributed by atoms with Crippen LogP contribution < -0.4 is 5.32 Å². The average molecular weight is 222 g/mol. The van der Waals surface area contributed by atoms with Crippen LogP contribution in [0.15, 0.2) is 11.6 Å². The van der Waals surface area contributed by atoms with Crippen molar-refractivity contribution in [2.45, 2.75) is 12.5 Å². The van der Waals surface area contributed by atoms with E-state index in [9.17, 15) is 13.6 Å². The van der Waals surface area contributed by atoms with Crippen LogP contribution in [0.1, 0.15) is 5.56 Å². The number of carboxylic acids is 1. The highest BCUT2D eigenvalue weighted by atomic mass is 32.1. The van der Waals surface area contributed by atoms with Crippen molar-refractivity contribution in [2.24, 2.45) is 0 Å². The van der Waals surface area contributed by atoms with E-state index < -0.39 is 18.4 Å². The largest absolute Gasteiger partial charge is 0.477 e. The Morgan fingerprint density at radius 1 is 1.71 bits per heavy atom. The van der Waals surface area contributed by atoms with E-state index in [4.69, 9.17) is 5.11 Å². The maximum Gasteiger partial charge on any atom is 0.375 e. The smallest absolute Gasteiger partial charge is 0.375 e. The van der Waals surface area contributed by atoms with E-state index in [0.717, 1.165) is 5.56 Å². The van der Waals surface area contributed by atoms with Gasteiger partial charge in [0, 0.05) is 18.1 Å². The molecule has 0 unspecified atom stereocenters. The number of nitrogens with one attached hydrogen (secondary N) is 1. The molecule has 0 saturated carbocycles. The van der Waals surface area contributed by atoms with Crippen LogP contribution in [0.2, 0.25) is 0 Å². The number of carboxylic acid groups (broad SMARTS) is 1. The quantitative estimate of drug-likeness (QED) is 0.778. The molecule has 0 fully saturated rings. The molecule has 78 valence electrons. The Bertz CT molecular complexity index is 303. The number of nitrogens with zero attached hydrogens (tertiary/aromatic N) is 1. The van der Waals surface area contributed by atoms with Gasteiger partial charge >= 0.3 is 11.9 Å². The topological polar surface area (TPSA) is 62.2 Å². The molecule has 0 spiro atoms. The van der Waals surface area contributed by atoms with Crippen LogP contribution in [0.5, 0.6) is 0 Å². The Balaban J connectivity index is 2.31. The molecule has 0 aliphatic carbocycles. The number of rotatable bonds is 5. The lowest BCUT2D eigenvalue weighted by Crippen LogP contribution is -2.39. The van der Waals surface area contributed by atoms with Crippen LogP contribution in [-0.2, 0) is 11.3 Å². The van der Waals surface area contributed by atoms with Crippen molar-refractivity contribution in [3.05, 3.63) is 17.1 Å². The number of hydrogen-bond acceptors (Lipinski definition) is 4. The summed E-state index contributed by atoms with van der Waals surface area (Å²) in [4.78, 5) is 10.0. The lowest BCUT2D eigenvalue weighted by atomic mass is 10.3. The summed E-state index contributed by atoms with van der Waals surface area (Å²) in [6, 6.07) is 0. The molecule has 0 amide bonds. The van der Waals surface area contributed by atoms with E-state index in [1.165, 1.54) is 17.7 Å². The zero-order valence-electron chi connectivity index (χ0n) is 7.04. The van der Waals surface area contributed by atoms with Crippen molar-refractivity contribution >= 4 is 17.5 Å². The molecule has 1 aromatic heterocycles. The number of hydrogen-bond donors (Lipinski definition) is 2. The Labute approximate surface area is 82.7 Å². The number of alkyl halides is 2. The number of aromatic nitrogens is 1. The van der Waals surface area contributed by atoms with Crippen LogP contribution in [0.4, 0.5) is 8.78 Å². The van der Waals surface area contributed by atoms with Crippen molar-refractivity contribution < 1.29 is 18.7 Å². The zero-order valence-corrected chi connectivity index (χ0v) is 7.85. The third-order valence-electron chi connectivity index (χ3n) is 1.47. The highest BCUT2D eigenvalue weighted by Crippen LogP contribution is 2.12. The fraction of sp³-hybridized carbons (Fsp3) is 0.429. The Morgan fingerprint density at radius 2 is 2.43 bits per heavy atom. The SMILES string of the molecule is O=C(O)C(F)(F)CNCc1cnsc1. The minimum atomic E-state index is -3.72. The van der Waals surface area contributed by atoms with E-state index in [1.807, 2.05) is 0 Å². The number of halogens is 2. The summed E-state index contributed by atoms with van der Waals surface area (Å²) in [6.45, 7) is -0.683.